The number of hydrogen-bond donors (Lipinski definition) is 1. The second kappa shape index (κ2) is 5.66. The van der Waals surface area contributed by atoms with Gasteiger partial charge in [-0.1, -0.05) is 24.3 Å². The fourth-order valence-electron chi connectivity index (χ4n) is 2.89. The van der Waals surface area contributed by atoms with Crippen LogP contribution in [0, 0.1) is 0 Å². The van der Waals surface area contributed by atoms with Gasteiger partial charge in [-0.05, 0) is 48.2 Å². The average molecular weight is 296 g/mol. The van der Waals surface area contributed by atoms with Gasteiger partial charge in [-0.15, -0.1) is 11.3 Å². The van der Waals surface area contributed by atoms with E-state index in [4.69, 9.17) is 0 Å². The molecule has 0 saturated heterocycles. The van der Waals surface area contributed by atoms with E-state index in [-0.39, 0.29) is 0 Å². The molecule has 2 aromatic heterocycles. The highest BCUT2D eigenvalue weighted by molar-refractivity contribution is 7.09. The molecule has 0 aliphatic heterocycles. The van der Waals surface area contributed by atoms with Gasteiger partial charge >= 0.3 is 0 Å². The summed E-state index contributed by atoms with van der Waals surface area (Å²) >= 11 is 1.86. The Hall–Kier alpha value is -1.58. The zero-order valence-corrected chi connectivity index (χ0v) is 12.9. The smallest absolute Gasteiger partial charge is 0.0483 e. The van der Waals surface area contributed by atoms with Crippen LogP contribution in [-0.2, 0) is 19.5 Å². The largest absolute Gasteiger partial charge is 0.343 e. The van der Waals surface area contributed by atoms with Gasteiger partial charge in [-0.3, -0.25) is 0 Å². The van der Waals surface area contributed by atoms with Gasteiger partial charge in [0.1, 0.15) is 0 Å². The van der Waals surface area contributed by atoms with Crippen molar-refractivity contribution in [3.05, 3.63) is 58.4 Å². The van der Waals surface area contributed by atoms with Crippen LogP contribution in [0.15, 0.2) is 47.8 Å². The van der Waals surface area contributed by atoms with Crippen LogP contribution in [0.25, 0.3) is 10.9 Å². The Bertz CT molecular complexity index is 723. The number of nitrogens with one attached hydrogen (secondary N) is 1. The number of nitrogens with zero attached hydrogens (tertiary/aromatic N) is 1. The van der Waals surface area contributed by atoms with Crippen LogP contribution in [0.4, 0.5) is 0 Å². The van der Waals surface area contributed by atoms with Gasteiger partial charge in [0.2, 0.25) is 0 Å². The quantitative estimate of drug-likeness (QED) is 0.721. The third-order valence-corrected chi connectivity index (χ3v) is 5.14. The molecule has 0 atom stereocenters. The third-order valence-electron chi connectivity index (χ3n) is 4.21. The monoisotopic (exact) mass is 296 g/mol. The maximum absolute atomic E-state index is 3.65. The predicted octanol–water partition coefficient (Wildman–Crippen LogP) is 4.20. The minimum absolute atomic E-state index is 0.758. The number of aromatic nitrogens is 1. The summed E-state index contributed by atoms with van der Waals surface area (Å²) in [6.45, 7) is 2.06. The van der Waals surface area contributed by atoms with E-state index < -0.39 is 0 Å². The molecule has 2 heterocycles. The van der Waals surface area contributed by atoms with Crippen LogP contribution in [-0.4, -0.2) is 10.6 Å². The lowest BCUT2D eigenvalue weighted by Gasteiger charge is -2.11. The van der Waals surface area contributed by atoms with Crippen LogP contribution in [0.2, 0.25) is 0 Å². The van der Waals surface area contributed by atoms with Crippen LogP contribution < -0.4 is 5.32 Å². The van der Waals surface area contributed by atoms with Crippen molar-refractivity contribution in [1.82, 2.24) is 9.88 Å². The van der Waals surface area contributed by atoms with E-state index in [1.54, 1.807) is 0 Å². The first kappa shape index (κ1) is 13.1. The molecule has 1 saturated carbocycles. The number of benzene rings is 1. The highest BCUT2D eigenvalue weighted by Gasteiger charge is 2.21. The van der Waals surface area contributed by atoms with Crippen molar-refractivity contribution in [2.45, 2.75) is 38.4 Å². The predicted molar refractivity (Wildman–Crippen MR) is 89.8 cm³/mol. The molecule has 2 nitrogen and oxygen atoms in total. The van der Waals surface area contributed by atoms with Gasteiger partial charge in [0, 0.05) is 35.2 Å². The summed E-state index contributed by atoms with van der Waals surface area (Å²) < 4.78 is 2.49. The Morgan fingerprint density at radius 1 is 1.14 bits per heavy atom. The Morgan fingerprint density at radius 2 is 2.05 bits per heavy atom. The van der Waals surface area contributed by atoms with Crippen molar-refractivity contribution < 1.29 is 0 Å². The SMILES string of the molecule is c1csc(CCn2c(CNC3CC3)cc3ccccc32)c1. The maximum atomic E-state index is 3.65. The van der Waals surface area contributed by atoms with Gasteiger partial charge in [-0.25, -0.2) is 0 Å². The van der Waals surface area contributed by atoms with E-state index in [2.05, 4.69) is 57.7 Å². The first-order valence-electron chi connectivity index (χ1n) is 7.73. The molecule has 1 aliphatic carbocycles. The summed E-state index contributed by atoms with van der Waals surface area (Å²) in [4.78, 5) is 1.47. The van der Waals surface area contributed by atoms with Crippen LogP contribution in [0.3, 0.4) is 0 Å². The first-order valence-corrected chi connectivity index (χ1v) is 8.61. The third kappa shape index (κ3) is 2.89. The van der Waals surface area contributed by atoms with Gasteiger partial charge < -0.3 is 9.88 Å². The molecule has 4 rings (SSSR count). The van der Waals surface area contributed by atoms with Crippen molar-refractivity contribution >= 4 is 22.2 Å². The number of aryl methyl sites for hydroxylation is 2. The highest BCUT2D eigenvalue weighted by Crippen LogP contribution is 2.23. The van der Waals surface area contributed by atoms with E-state index in [0.717, 1.165) is 25.6 Å². The molecule has 1 N–H and O–H groups in total. The Balaban J connectivity index is 1.60. The van der Waals surface area contributed by atoms with E-state index in [0.29, 0.717) is 0 Å². The molecule has 0 amide bonds. The zero-order valence-electron chi connectivity index (χ0n) is 12.1. The van der Waals surface area contributed by atoms with Crippen molar-refractivity contribution in [2.24, 2.45) is 0 Å². The lowest BCUT2D eigenvalue weighted by molar-refractivity contribution is 0.619. The average Bonchev–Trinajstić information content (AvgIpc) is 3.07. The van der Waals surface area contributed by atoms with E-state index in [1.165, 1.54) is 34.3 Å². The molecule has 108 valence electrons. The van der Waals surface area contributed by atoms with Gasteiger partial charge in [0.05, 0.1) is 0 Å². The summed E-state index contributed by atoms with van der Waals surface area (Å²) in [5.74, 6) is 0. The summed E-state index contributed by atoms with van der Waals surface area (Å²) in [6.07, 6.45) is 3.80. The first-order chi connectivity index (χ1) is 10.4. The topological polar surface area (TPSA) is 17.0 Å². The fourth-order valence-corrected chi connectivity index (χ4v) is 3.59. The number of thiophene rings is 1. The number of rotatable bonds is 6. The second-order valence-corrected chi connectivity index (χ2v) is 6.86. The molecule has 1 aromatic carbocycles. The summed E-state index contributed by atoms with van der Waals surface area (Å²) in [6, 6.07) is 16.2. The lowest BCUT2D eigenvalue weighted by atomic mass is 10.2. The Kier molecular flexibility index (Phi) is 3.53. The molecule has 1 aliphatic rings. The maximum Gasteiger partial charge on any atom is 0.0483 e. The molecule has 1 fully saturated rings. The zero-order chi connectivity index (χ0) is 14.1. The molecule has 0 unspecified atom stereocenters. The lowest BCUT2D eigenvalue weighted by Crippen LogP contribution is -2.18. The van der Waals surface area contributed by atoms with Crippen LogP contribution >= 0.6 is 11.3 Å². The molecule has 3 aromatic rings. The number of fused-ring (bicyclic) bond motifs is 1. The molecule has 0 bridgehead atoms. The van der Waals surface area contributed by atoms with Crippen LogP contribution in [0.1, 0.15) is 23.4 Å². The van der Waals surface area contributed by atoms with E-state index in [9.17, 15) is 0 Å². The molecule has 0 spiro atoms. The van der Waals surface area contributed by atoms with Gasteiger partial charge in [0.15, 0.2) is 0 Å². The summed E-state index contributed by atoms with van der Waals surface area (Å²) in [5, 5.41) is 7.17. The molecular weight excluding hydrogens is 276 g/mol. The Morgan fingerprint density at radius 3 is 2.86 bits per heavy atom. The summed E-state index contributed by atoms with van der Waals surface area (Å²) in [7, 11) is 0. The highest BCUT2D eigenvalue weighted by atomic mass is 32.1. The molecule has 0 radical (unpaired) electrons. The minimum Gasteiger partial charge on any atom is -0.343 e. The fraction of sp³-hybridized carbons (Fsp3) is 0.333. The van der Waals surface area contributed by atoms with Gasteiger partial charge in [0.25, 0.3) is 0 Å². The number of para-hydroxylation sites is 1. The van der Waals surface area contributed by atoms with E-state index >= 15 is 0 Å². The van der Waals surface area contributed by atoms with Crippen LogP contribution in [0.5, 0.6) is 0 Å². The molecule has 3 heteroatoms. The van der Waals surface area contributed by atoms with Crippen molar-refractivity contribution in [3.8, 4) is 0 Å². The molecular formula is C18H20N2S. The van der Waals surface area contributed by atoms with Crippen molar-refractivity contribution in [3.63, 3.8) is 0 Å². The van der Waals surface area contributed by atoms with Crippen molar-refractivity contribution in [2.75, 3.05) is 0 Å². The standard InChI is InChI=1S/C18H20N2S/c1-2-6-18-14(4-1)12-16(13-19-15-7-8-15)20(18)10-9-17-5-3-11-21-17/h1-6,11-12,15,19H,7-10,13H2. The van der Waals surface area contributed by atoms with Gasteiger partial charge in [-0.2, -0.15) is 0 Å². The minimum atomic E-state index is 0.758. The normalized spacial score (nSPS) is 14.9. The number of hydrogen-bond acceptors (Lipinski definition) is 2. The summed E-state index contributed by atoms with van der Waals surface area (Å²) in [5.41, 5.74) is 2.78. The second-order valence-electron chi connectivity index (χ2n) is 5.83. The molecule has 21 heavy (non-hydrogen) atoms. The van der Waals surface area contributed by atoms with E-state index in [1.807, 2.05) is 11.3 Å². The van der Waals surface area contributed by atoms with Crippen molar-refractivity contribution in [1.29, 1.82) is 0 Å². The Labute approximate surface area is 129 Å².